The van der Waals surface area contributed by atoms with Gasteiger partial charge in [-0.2, -0.15) is 0 Å². The van der Waals surface area contributed by atoms with Crippen molar-refractivity contribution in [1.82, 2.24) is 20.4 Å². The summed E-state index contributed by atoms with van der Waals surface area (Å²) in [5, 5.41) is 0.386. The van der Waals surface area contributed by atoms with Crippen molar-refractivity contribution in [2.24, 2.45) is 0 Å². The summed E-state index contributed by atoms with van der Waals surface area (Å²) in [6, 6.07) is 20.8. The van der Waals surface area contributed by atoms with Crippen LogP contribution < -0.4 is 16.4 Å². The molecule has 0 saturated carbocycles. The van der Waals surface area contributed by atoms with Crippen LogP contribution in [-0.2, 0) is 0 Å². The number of halogens is 1. The Bertz CT molecular complexity index is 1360. The number of nitrogens with one attached hydrogen (secondary N) is 2. The van der Waals surface area contributed by atoms with E-state index >= 15 is 0 Å². The van der Waals surface area contributed by atoms with Gasteiger partial charge >= 0.3 is 5.91 Å². The summed E-state index contributed by atoms with van der Waals surface area (Å²) in [6.07, 6.45) is 0. The average molecular weight is 477 g/mol. The topological polar surface area (TPSA) is 93.1 Å². The van der Waals surface area contributed by atoms with Gasteiger partial charge in [-0.05, 0) is 59.3 Å². The number of nitrogens with zero attached hydrogens (tertiary/aromatic N) is 2. The first-order chi connectivity index (χ1) is 15.0. The van der Waals surface area contributed by atoms with E-state index in [4.69, 9.17) is 0 Å². The Hall–Kier alpha value is -3.78. The molecule has 1 heterocycles. The molecule has 0 aliphatic heterocycles. The number of rotatable bonds is 3. The fourth-order valence-corrected chi connectivity index (χ4v) is 3.57. The average Bonchev–Trinajstić information content (AvgIpc) is 2.78. The van der Waals surface area contributed by atoms with Gasteiger partial charge < -0.3 is 0 Å². The quantitative estimate of drug-likeness (QED) is 0.442. The SMILES string of the molecule is Cc1ccc(-n2c(C(=O)NNC(=O)c3ccccc3Br)nc3ccccc3c2=O)cc1. The van der Waals surface area contributed by atoms with Crippen molar-refractivity contribution in [2.45, 2.75) is 6.92 Å². The second kappa shape index (κ2) is 8.53. The van der Waals surface area contributed by atoms with Crippen LogP contribution >= 0.6 is 15.9 Å². The normalized spacial score (nSPS) is 10.6. The molecule has 0 aliphatic carbocycles. The van der Waals surface area contributed by atoms with E-state index in [1.165, 1.54) is 4.57 Å². The maximum absolute atomic E-state index is 13.2. The Balaban J connectivity index is 1.73. The van der Waals surface area contributed by atoms with Crippen molar-refractivity contribution in [3.05, 3.63) is 105 Å². The summed E-state index contributed by atoms with van der Waals surface area (Å²) in [4.78, 5) is 43.0. The van der Waals surface area contributed by atoms with Gasteiger partial charge in [-0.25, -0.2) is 4.98 Å². The highest BCUT2D eigenvalue weighted by Crippen LogP contribution is 2.16. The number of hydrazine groups is 1. The van der Waals surface area contributed by atoms with Crippen molar-refractivity contribution in [3.63, 3.8) is 0 Å². The third kappa shape index (κ3) is 4.10. The minimum atomic E-state index is -0.719. The number of hydrogen-bond acceptors (Lipinski definition) is 4. The van der Waals surface area contributed by atoms with Crippen LogP contribution in [0.25, 0.3) is 16.6 Å². The zero-order valence-electron chi connectivity index (χ0n) is 16.4. The molecule has 0 saturated heterocycles. The van der Waals surface area contributed by atoms with Crippen LogP contribution in [0.4, 0.5) is 0 Å². The smallest absolute Gasteiger partial charge is 0.268 e. The molecular formula is C23H17BrN4O3. The summed E-state index contributed by atoms with van der Waals surface area (Å²) in [6.45, 7) is 1.93. The Morgan fingerprint density at radius 2 is 1.52 bits per heavy atom. The number of fused-ring (bicyclic) bond motifs is 1. The summed E-state index contributed by atoms with van der Waals surface area (Å²) in [7, 11) is 0. The van der Waals surface area contributed by atoms with Gasteiger partial charge in [0.05, 0.1) is 22.2 Å². The van der Waals surface area contributed by atoms with E-state index in [9.17, 15) is 14.4 Å². The van der Waals surface area contributed by atoms with Gasteiger partial charge in [-0.1, -0.05) is 42.0 Å². The molecule has 4 rings (SSSR count). The number of aryl methyl sites for hydroxylation is 1. The Kier molecular flexibility index (Phi) is 5.64. The van der Waals surface area contributed by atoms with E-state index in [2.05, 4.69) is 31.8 Å². The molecule has 31 heavy (non-hydrogen) atoms. The van der Waals surface area contributed by atoms with Gasteiger partial charge in [0, 0.05) is 4.47 Å². The van der Waals surface area contributed by atoms with Gasteiger partial charge in [0.25, 0.3) is 11.5 Å². The lowest BCUT2D eigenvalue weighted by Crippen LogP contribution is -2.44. The molecule has 4 aromatic rings. The maximum Gasteiger partial charge on any atom is 0.306 e. The highest BCUT2D eigenvalue weighted by atomic mass is 79.9. The lowest BCUT2D eigenvalue weighted by atomic mass is 10.2. The molecule has 1 aromatic heterocycles. The van der Waals surface area contributed by atoms with Crippen LogP contribution in [0, 0.1) is 6.92 Å². The number of amides is 2. The second-order valence-electron chi connectivity index (χ2n) is 6.82. The summed E-state index contributed by atoms with van der Waals surface area (Å²) < 4.78 is 1.82. The highest BCUT2D eigenvalue weighted by molar-refractivity contribution is 9.10. The van der Waals surface area contributed by atoms with Crippen molar-refractivity contribution in [3.8, 4) is 5.69 Å². The Labute approximate surface area is 185 Å². The molecule has 7 nitrogen and oxygen atoms in total. The molecule has 0 aliphatic rings. The van der Waals surface area contributed by atoms with Crippen molar-refractivity contribution >= 4 is 38.6 Å². The van der Waals surface area contributed by atoms with Crippen LogP contribution in [0.1, 0.15) is 26.5 Å². The standard InChI is InChI=1S/C23H17BrN4O3/c1-14-10-12-15(13-11-14)28-20(25-19-9-5-3-7-17(19)23(28)31)22(30)27-26-21(29)16-6-2-4-8-18(16)24/h2-13H,1H3,(H,26,29)(H,27,30). The molecule has 2 N–H and O–H groups in total. The molecule has 3 aromatic carbocycles. The number of para-hydroxylation sites is 1. The Morgan fingerprint density at radius 3 is 2.26 bits per heavy atom. The molecule has 154 valence electrons. The molecular weight excluding hydrogens is 460 g/mol. The lowest BCUT2D eigenvalue weighted by molar-refractivity contribution is 0.0839. The molecule has 0 radical (unpaired) electrons. The van der Waals surface area contributed by atoms with E-state index in [-0.39, 0.29) is 11.4 Å². The first-order valence-electron chi connectivity index (χ1n) is 9.40. The molecule has 0 unspecified atom stereocenters. The van der Waals surface area contributed by atoms with E-state index in [0.717, 1.165) is 5.56 Å². The zero-order valence-corrected chi connectivity index (χ0v) is 18.0. The molecule has 2 amide bonds. The van der Waals surface area contributed by atoms with E-state index in [1.54, 1.807) is 60.7 Å². The van der Waals surface area contributed by atoms with Gasteiger partial charge in [0.2, 0.25) is 5.82 Å². The third-order valence-electron chi connectivity index (χ3n) is 4.68. The zero-order chi connectivity index (χ0) is 22.0. The third-order valence-corrected chi connectivity index (χ3v) is 5.37. The Morgan fingerprint density at radius 1 is 0.871 bits per heavy atom. The number of carbonyl (C=O) groups excluding carboxylic acids is 2. The predicted octanol–water partition coefficient (Wildman–Crippen LogP) is 3.53. The monoisotopic (exact) mass is 476 g/mol. The van der Waals surface area contributed by atoms with Crippen LogP contribution in [-0.4, -0.2) is 21.4 Å². The van der Waals surface area contributed by atoms with Crippen molar-refractivity contribution in [1.29, 1.82) is 0 Å². The highest BCUT2D eigenvalue weighted by Gasteiger charge is 2.20. The largest absolute Gasteiger partial charge is 0.306 e. The summed E-state index contributed by atoms with van der Waals surface area (Å²) in [5.41, 5.74) is 6.59. The number of benzene rings is 3. The summed E-state index contributed by atoms with van der Waals surface area (Å²) in [5.74, 6) is -1.37. The fraction of sp³-hybridized carbons (Fsp3) is 0.0435. The van der Waals surface area contributed by atoms with E-state index in [1.807, 2.05) is 19.1 Å². The van der Waals surface area contributed by atoms with Gasteiger partial charge in [0.15, 0.2) is 0 Å². The van der Waals surface area contributed by atoms with Gasteiger partial charge in [0.1, 0.15) is 0 Å². The lowest BCUT2D eigenvalue weighted by Gasteiger charge is -2.14. The molecule has 0 fully saturated rings. The van der Waals surface area contributed by atoms with E-state index < -0.39 is 11.8 Å². The van der Waals surface area contributed by atoms with Gasteiger partial charge in [-0.15, -0.1) is 0 Å². The molecule has 0 atom stereocenters. The minimum absolute atomic E-state index is 0.139. The number of aromatic nitrogens is 2. The maximum atomic E-state index is 13.2. The van der Waals surface area contributed by atoms with Crippen molar-refractivity contribution < 1.29 is 9.59 Å². The summed E-state index contributed by atoms with van der Waals surface area (Å²) >= 11 is 3.30. The van der Waals surface area contributed by atoms with E-state index in [0.29, 0.717) is 26.6 Å². The van der Waals surface area contributed by atoms with Crippen LogP contribution in [0.2, 0.25) is 0 Å². The first-order valence-corrected chi connectivity index (χ1v) is 10.2. The second-order valence-corrected chi connectivity index (χ2v) is 7.67. The number of hydrogen-bond donors (Lipinski definition) is 2. The fourth-order valence-electron chi connectivity index (χ4n) is 3.10. The molecule has 0 spiro atoms. The number of carbonyl (C=O) groups is 2. The predicted molar refractivity (Wildman–Crippen MR) is 121 cm³/mol. The van der Waals surface area contributed by atoms with Crippen LogP contribution in [0.5, 0.6) is 0 Å². The van der Waals surface area contributed by atoms with Crippen LogP contribution in [0.15, 0.2) is 82.1 Å². The van der Waals surface area contributed by atoms with Crippen molar-refractivity contribution in [2.75, 3.05) is 0 Å². The van der Waals surface area contributed by atoms with Crippen LogP contribution in [0.3, 0.4) is 0 Å². The minimum Gasteiger partial charge on any atom is -0.268 e. The molecule has 0 bridgehead atoms. The first kappa shape index (κ1) is 20.5. The van der Waals surface area contributed by atoms with Gasteiger partial charge in [-0.3, -0.25) is 29.8 Å². The molecule has 8 heteroatoms.